The topological polar surface area (TPSA) is 86.8 Å². The van der Waals surface area contributed by atoms with E-state index in [1.165, 1.54) is 42.3 Å². The van der Waals surface area contributed by atoms with Crippen molar-refractivity contribution in [1.82, 2.24) is 10.2 Å². The zero-order valence-corrected chi connectivity index (χ0v) is 25.7. The zero-order chi connectivity index (χ0) is 30.3. The third-order valence-electron chi connectivity index (χ3n) is 6.57. The van der Waals surface area contributed by atoms with Crippen LogP contribution in [-0.4, -0.2) is 44.8 Å². The van der Waals surface area contributed by atoms with Crippen molar-refractivity contribution in [3.05, 3.63) is 129 Å². The summed E-state index contributed by atoms with van der Waals surface area (Å²) in [6, 6.07) is 27.3. The summed E-state index contributed by atoms with van der Waals surface area (Å²) in [7, 11) is -2.78. The number of nitrogens with zero attached hydrogens (tertiary/aromatic N) is 2. The van der Waals surface area contributed by atoms with E-state index >= 15 is 0 Å². The quantitative estimate of drug-likeness (QED) is 0.210. The average molecular weight is 645 g/mol. The van der Waals surface area contributed by atoms with E-state index in [1.807, 2.05) is 30.3 Å². The van der Waals surface area contributed by atoms with Crippen LogP contribution < -0.4 is 9.62 Å². The molecule has 4 rings (SSSR count). The molecule has 0 aliphatic carbocycles. The minimum absolute atomic E-state index is 0.0223. The molecule has 11 heteroatoms. The zero-order valence-electron chi connectivity index (χ0n) is 22.6. The van der Waals surface area contributed by atoms with Crippen LogP contribution in [0, 0.1) is 0 Å². The predicted octanol–water partition coefficient (Wildman–Crippen LogP) is 6.23. The summed E-state index contributed by atoms with van der Waals surface area (Å²) in [5.41, 5.74) is 1.61. The van der Waals surface area contributed by atoms with Crippen molar-refractivity contribution >= 4 is 62.3 Å². The number of nitrogens with one attached hydrogen (secondary N) is 1. The van der Waals surface area contributed by atoms with E-state index in [-0.39, 0.29) is 28.6 Å². The SMILES string of the molecule is CNC(=O)C(Cc1ccccc1)N(Cc1ccc(Cl)cc1)C(=O)CN(c1ccc(Cl)cc1Cl)S(=O)(=O)c1ccccc1. The molecular formula is C31H28Cl3N3O4S. The van der Waals surface area contributed by atoms with Crippen molar-refractivity contribution in [2.75, 3.05) is 17.9 Å². The van der Waals surface area contributed by atoms with Crippen LogP contribution in [-0.2, 0) is 32.6 Å². The summed E-state index contributed by atoms with van der Waals surface area (Å²) in [6.45, 7) is -0.608. The van der Waals surface area contributed by atoms with Gasteiger partial charge in [0.2, 0.25) is 11.8 Å². The second-order valence-corrected chi connectivity index (χ2v) is 12.5. The lowest BCUT2D eigenvalue weighted by atomic mass is 10.0. The summed E-state index contributed by atoms with van der Waals surface area (Å²) in [4.78, 5) is 28.9. The van der Waals surface area contributed by atoms with Gasteiger partial charge in [-0.1, -0.05) is 95.5 Å². The molecule has 4 aromatic rings. The fraction of sp³-hybridized carbons (Fsp3) is 0.161. The minimum Gasteiger partial charge on any atom is -0.357 e. The van der Waals surface area contributed by atoms with Gasteiger partial charge < -0.3 is 10.2 Å². The molecule has 7 nitrogen and oxygen atoms in total. The lowest BCUT2D eigenvalue weighted by Gasteiger charge is -2.33. The molecule has 4 aromatic carbocycles. The molecule has 0 fully saturated rings. The molecule has 218 valence electrons. The highest BCUT2D eigenvalue weighted by atomic mass is 35.5. The van der Waals surface area contributed by atoms with Crippen LogP contribution in [0.25, 0.3) is 0 Å². The number of halogens is 3. The Morgan fingerprint density at radius 1 is 0.786 bits per heavy atom. The van der Waals surface area contributed by atoms with Crippen molar-refractivity contribution in [2.45, 2.75) is 23.9 Å². The molecule has 1 atom stereocenters. The fourth-order valence-corrected chi connectivity index (χ4v) is 6.56. The number of carbonyl (C=O) groups excluding carboxylic acids is 2. The van der Waals surface area contributed by atoms with E-state index in [0.29, 0.717) is 15.6 Å². The molecule has 0 radical (unpaired) electrons. The predicted molar refractivity (Wildman–Crippen MR) is 167 cm³/mol. The molecule has 0 saturated carbocycles. The summed E-state index contributed by atoms with van der Waals surface area (Å²) in [5, 5.41) is 3.52. The van der Waals surface area contributed by atoms with Crippen LogP contribution in [0.4, 0.5) is 5.69 Å². The Bertz CT molecular complexity index is 1640. The maximum absolute atomic E-state index is 14.3. The molecule has 0 aromatic heterocycles. The molecule has 0 spiro atoms. The van der Waals surface area contributed by atoms with Crippen LogP contribution in [0.3, 0.4) is 0 Å². The normalized spacial score (nSPS) is 11.9. The molecule has 1 N–H and O–H groups in total. The first kappa shape index (κ1) is 31.4. The van der Waals surface area contributed by atoms with E-state index in [0.717, 1.165) is 9.87 Å². The van der Waals surface area contributed by atoms with Crippen LogP contribution in [0.15, 0.2) is 108 Å². The molecule has 0 aliphatic heterocycles. The van der Waals surface area contributed by atoms with Gasteiger partial charge >= 0.3 is 0 Å². The average Bonchev–Trinajstić information content (AvgIpc) is 2.99. The highest BCUT2D eigenvalue weighted by molar-refractivity contribution is 7.92. The number of hydrogen-bond donors (Lipinski definition) is 1. The van der Waals surface area contributed by atoms with Gasteiger partial charge in [0.05, 0.1) is 15.6 Å². The second-order valence-electron chi connectivity index (χ2n) is 9.39. The first-order valence-corrected chi connectivity index (χ1v) is 15.5. The number of hydrogen-bond acceptors (Lipinski definition) is 4. The van der Waals surface area contributed by atoms with E-state index in [1.54, 1.807) is 42.5 Å². The van der Waals surface area contributed by atoms with Gasteiger partial charge in [-0.25, -0.2) is 8.42 Å². The summed E-state index contributed by atoms with van der Waals surface area (Å²) in [6.07, 6.45) is 0.201. The van der Waals surface area contributed by atoms with Crippen molar-refractivity contribution in [3.63, 3.8) is 0 Å². The van der Waals surface area contributed by atoms with Crippen molar-refractivity contribution in [1.29, 1.82) is 0 Å². The lowest BCUT2D eigenvalue weighted by Crippen LogP contribution is -2.53. The summed E-state index contributed by atoms with van der Waals surface area (Å²) >= 11 is 18.7. The molecule has 1 unspecified atom stereocenters. The number of likely N-dealkylation sites (N-methyl/N-ethyl adjacent to an activating group) is 1. The second kappa shape index (κ2) is 14.1. The molecule has 42 heavy (non-hydrogen) atoms. The number of rotatable bonds is 11. The molecule has 0 saturated heterocycles. The van der Waals surface area contributed by atoms with Gasteiger partial charge in [0, 0.05) is 30.1 Å². The minimum atomic E-state index is -4.27. The standard InChI is InChI=1S/C31H28Cl3N3O4S/c1-35-31(39)29(18-22-8-4-2-5-9-22)36(20-23-12-14-24(32)15-13-23)30(38)21-37(28-17-16-25(33)19-27(28)34)42(40,41)26-10-6-3-7-11-26/h2-17,19,29H,18,20-21H2,1H3,(H,35,39). The Morgan fingerprint density at radius 2 is 1.38 bits per heavy atom. The number of anilines is 1. The maximum Gasteiger partial charge on any atom is 0.264 e. The van der Waals surface area contributed by atoms with Gasteiger partial charge in [0.15, 0.2) is 0 Å². The monoisotopic (exact) mass is 643 g/mol. The molecule has 0 bridgehead atoms. The van der Waals surface area contributed by atoms with Crippen LogP contribution in [0.2, 0.25) is 15.1 Å². The smallest absolute Gasteiger partial charge is 0.264 e. The Hall–Kier alpha value is -3.56. The Balaban J connectivity index is 1.80. The molecule has 2 amide bonds. The van der Waals surface area contributed by atoms with Gasteiger partial charge in [0.1, 0.15) is 12.6 Å². The summed E-state index contributed by atoms with van der Waals surface area (Å²) < 4.78 is 28.8. The number of sulfonamides is 1. The third-order valence-corrected chi connectivity index (χ3v) is 9.14. The maximum atomic E-state index is 14.3. The first-order valence-electron chi connectivity index (χ1n) is 12.9. The van der Waals surface area contributed by atoms with Crippen molar-refractivity contribution < 1.29 is 18.0 Å². The Labute approximate surface area is 260 Å². The van der Waals surface area contributed by atoms with E-state index in [2.05, 4.69) is 5.32 Å². The largest absolute Gasteiger partial charge is 0.357 e. The highest BCUT2D eigenvalue weighted by Gasteiger charge is 2.35. The lowest BCUT2D eigenvalue weighted by molar-refractivity contribution is -0.139. The third kappa shape index (κ3) is 7.63. The number of benzene rings is 4. The highest BCUT2D eigenvalue weighted by Crippen LogP contribution is 2.33. The fourth-order valence-electron chi connectivity index (χ4n) is 4.42. The van der Waals surface area contributed by atoms with E-state index in [4.69, 9.17) is 34.8 Å². The van der Waals surface area contributed by atoms with Gasteiger partial charge in [0.25, 0.3) is 10.0 Å². The number of amides is 2. The van der Waals surface area contributed by atoms with Gasteiger partial charge in [-0.2, -0.15) is 0 Å². The Morgan fingerprint density at radius 3 is 1.98 bits per heavy atom. The van der Waals surface area contributed by atoms with Crippen LogP contribution >= 0.6 is 34.8 Å². The van der Waals surface area contributed by atoms with E-state index < -0.39 is 34.4 Å². The van der Waals surface area contributed by atoms with E-state index in [9.17, 15) is 18.0 Å². The van der Waals surface area contributed by atoms with Gasteiger partial charge in [-0.15, -0.1) is 0 Å². The molecule has 0 heterocycles. The first-order chi connectivity index (χ1) is 20.1. The molecular weight excluding hydrogens is 617 g/mol. The van der Waals surface area contributed by atoms with Crippen molar-refractivity contribution in [2.24, 2.45) is 0 Å². The van der Waals surface area contributed by atoms with Crippen molar-refractivity contribution in [3.8, 4) is 0 Å². The van der Waals surface area contributed by atoms with Crippen LogP contribution in [0.5, 0.6) is 0 Å². The van der Waals surface area contributed by atoms with Crippen LogP contribution in [0.1, 0.15) is 11.1 Å². The summed E-state index contributed by atoms with van der Waals surface area (Å²) in [5.74, 6) is -1.01. The number of carbonyl (C=O) groups is 2. The Kier molecular flexibility index (Phi) is 10.5. The van der Waals surface area contributed by atoms with Gasteiger partial charge in [-0.3, -0.25) is 13.9 Å². The molecule has 0 aliphatic rings. The van der Waals surface area contributed by atoms with Gasteiger partial charge in [-0.05, 0) is 53.6 Å².